The smallest absolute Gasteiger partial charge is 1.00 e. The average molecular weight is 148 g/mol. The van der Waals surface area contributed by atoms with Crippen molar-refractivity contribution in [1.29, 1.82) is 0 Å². The third-order valence-corrected chi connectivity index (χ3v) is 0.183. The van der Waals surface area contributed by atoms with Crippen molar-refractivity contribution in [2.24, 2.45) is 0 Å². The Morgan fingerprint density at radius 3 is 1.12 bits per heavy atom. The largest absolute Gasteiger partial charge is 1.00 e. The molecule has 0 radical (unpaired) electrons. The molecule has 42 valence electrons. The van der Waals surface area contributed by atoms with Crippen LogP contribution in [0, 0.1) is 0 Å². The molecule has 0 rings (SSSR count). The Balaban J connectivity index is -0.000000125. The molecule has 0 aliphatic heterocycles. The summed E-state index contributed by atoms with van der Waals surface area (Å²) in [6.45, 7) is 0. The van der Waals surface area contributed by atoms with Gasteiger partial charge in [0.1, 0.15) is 0 Å². The molecule has 0 saturated carbocycles. The van der Waals surface area contributed by atoms with Gasteiger partial charge in [-0.3, -0.25) is 0 Å². The van der Waals surface area contributed by atoms with E-state index >= 15 is 0 Å². The molecule has 2 N–H and O–H groups in total. The molecular weight excluding hydrogens is 146 g/mol. The molecule has 0 spiro atoms. The Labute approximate surface area is 73.6 Å². The van der Waals surface area contributed by atoms with Gasteiger partial charge in [0.05, 0.1) is 0 Å². The van der Waals surface area contributed by atoms with Crippen molar-refractivity contribution < 1.29 is 61.8 Å². The fraction of sp³-hybridized carbons (Fsp3) is 0. The molecule has 0 fully saturated rings. The Hall–Kier alpha value is 0.230. The van der Waals surface area contributed by atoms with Gasteiger partial charge >= 0.3 is 41.5 Å². The summed E-state index contributed by atoms with van der Waals surface area (Å²) < 4.78 is 0. The van der Waals surface area contributed by atoms with E-state index in [4.69, 9.17) is 19.8 Å². The van der Waals surface area contributed by atoms with Crippen LogP contribution in [0.4, 0.5) is 0 Å². The summed E-state index contributed by atoms with van der Waals surface area (Å²) >= 11 is 0. The van der Waals surface area contributed by atoms with Crippen molar-refractivity contribution in [2.45, 2.75) is 0 Å². The summed E-state index contributed by atoms with van der Waals surface area (Å²) in [6, 6.07) is 0. The molecule has 0 bridgehead atoms. The zero-order chi connectivity index (χ0) is 5.15. The maximum atomic E-state index is 9.10. The van der Waals surface area contributed by atoms with Crippen LogP contribution in [0.2, 0.25) is 0 Å². The van der Waals surface area contributed by atoms with E-state index in [-0.39, 0.29) is 42.0 Å². The Morgan fingerprint density at radius 2 is 1.12 bits per heavy atom. The van der Waals surface area contributed by atoms with Crippen LogP contribution in [-0.2, 0) is 9.59 Å². The Bertz CT molecular complexity index is 80.0. The molecule has 8 heavy (non-hydrogen) atoms. The second kappa shape index (κ2) is 7.23. The molecule has 6 heteroatoms. The van der Waals surface area contributed by atoms with Gasteiger partial charge < -0.3 is 22.6 Å². The zero-order valence-electron chi connectivity index (χ0n) is 4.09. The maximum Gasteiger partial charge on any atom is 1.00 e. The van der Waals surface area contributed by atoms with Crippen molar-refractivity contribution >= 4 is 11.9 Å². The summed E-state index contributed by atoms with van der Waals surface area (Å²) in [5.41, 5.74) is 0. The molecule has 0 aliphatic carbocycles. The molecule has 0 aromatic carbocycles. The Morgan fingerprint density at radius 1 is 1.00 bits per heavy atom. The summed E-state index contributed by atoms with van der Waals surface area (Å²) in [6.07, 6.45) is 0. The number of aliphatic carboxylic acids is 2. The van der Waals surface area contributed by atoms with E-state index in [1.165, 1.54) is 0 Å². The third-order valence-electron chi connectivity index (χ3n) is 0.183. The summed E-state index contributed by atoms with van der Waals surface area (Å²) in [5.74, 6) is -3.65. The molecular formula is C2H2ClNaO4. The second-order valence-corrected chi connectivity index (χ2v) is 0.610. The minimum absolute atomic E-state index is 0. The second-order valence-electron chi connectivity index (χ2n) is 0.610. The molecule has 0 heterocycles. The van der Waals surface area contributed by atoms with Gasteiger partial charge in [0.25, 0.3) is 0 Å². The van der Waals surface area contributed by atoms with Gasteiger partial charge in [0.2, 0.25) is 0 Å². The number of hydrogen-bond acceptors (Lipinski definition) is 2. The van der Waals surface area contributed by atoms with Gasteiger partial charge in [-0.05, 0) is 0 Å². The number of halogens is 1. The number of carboxylic acid groups (broad SMARTS) is 2. The zero-order valence-corrected chi connectivity index (χ0v) is 6.84. The molecule has 0 unspecified atom stereocenters. The molecule has 4 nitrogen and oxygen atoms in total. The van der Waals surface area contributed by atoms with E-state index < -0.39 is 11.9 Å². The average Bonchev–Trinajstić information content (AvgIpc) is 1.36. The molecule has 0 atom stereocenters. The first-order chi connectivity index (χ1) is 2.64. The minimum atomic E-state index is -1.82. The summed E-state index contributed by atoms with van der Waals surface area (Å²) in [4.78, 5) is 18.2. The standard InChI is InChI=1S/C2H2O4.ClH.Na/c3-1(4)2(5)6;;/h(H,3,4)(H,5,6);1H;/q;;+1/p-1. The number of carboxylic acids is 2. The van der Waals surface area contributed by atoms with Crippen LogP contribution in [0.15, 0.2) is 0 Å². The van der Waals surface area contributed by atoms with E-state index in [0.29, 0.717) is 0 Å². The quantitative estimate of drug-likeness (QED) is 0.265. The van der Waals surface area contributed by atoms with Gasteiger partial charge in [-0.1, -0.05) is 0 Å². The first-order valence-corrected chi connectivity index (χ1v) is 1.11. The van der Waals surface area contributed by atoms with Crippen LogP contribution in [0.3, 0.4) is 0 Å². The monoisotopic (exact) mass is 148 g/mol. The van der Waals surface area contributed by atoms with Gasteiger partial charge in [-0.25, -0.2) is 9.59 Å². The molecule has 0 aromatic heterocycles. The normalized spacial score (nSPS) is 5.50. The number of hydrogen-bond donors (Lipinski definition) is 2. The van der Waals surface area contributed by atoms with Crippen molar-refractivity contribution in [2.75, 3.05) is 0 Å². The van der Waals surface area contributed by atoms with Crippen LogP contribution in [0.5, 0.6) is 0 Å². The van der Waals surface area contributed by atoms with Crippen molar-refractivity contribution in [1.82, 2.24) is 0 Å². The van der Waals surface area contributed by atoms with E-state index in [0.717, 1.165) is 0 Å². The Kier molecular flexibility index (Phi) is 14.2. The van der Waals surface area contributed by atoms with Crippen LogP contribution in [0.25, 0.3) is 0 Å². The molecule has 0 aliphatic rings. The van der Waals surface area contributed by atoms with Gasteiger partial charge in [-0.2, -0.15) is 0 Å². The van der Waals surface area contributed by atoms with E-state index in [1.807, 2.05) is 0 Å². The fourth-order valence-electron chi connectivity index (χ4n) is 0. The van der Waals surface area contributed by atoms with Crippen molar-refractivity contribution in [3.05, 3.63) is 0 Å². The predicted octanol–water partition coefficient (Wildman–Crippen LogP) is -6.84. The van der Waals surface area contributed by atoms with E-state index in [2.05, 4.69) is 0 Å². The van der Waals surface area contributed by atoms with Crippen LogP contribution >= 0.6 is 0 Å². The van der Waals surface area contributed by atoms with Gasteiger partial charge in [0.15, 0.2) is 0 Å². The van der Waals surface area contributed by atoms with Crippen molar-refractivity contribution in [3.63, 3.8) is 0 Å². The van der Waals surface area contributed by atoms with Crippen LogP contribution in [-0.4, -0.2) is 22.2 Å². The van der Waals surface area contributed by atoms with Gasteiger partial charge in [0, 0.05) is 0 Å². The maximum absolute atomic E-state index is 9.10. The van der Waals surface area contributed by atoms with Gasteiger partial charge in [-0.15, -0.1) is 0 Å². The minimum Gasteiger partial charge on any atom is -1.00 e. The topological polar surface area (TPSA) is 74.6 Å². The van der Waals surface area contributed by atoms with Crippen LogP contribution in [0.1, 0.15) is 0 Å². The third kappa shape index (κ3) is 9.52. The van der Waals surface area contributed by atoms with Crippen LogP contribution < -0.4 is 42.0 Å². The van der Waals surface area contributed by atoms with E-state index in [1.54, 1.807) is 0 Å². The summed E-state index contributed by atoms with van der Waals surface area (Å²) in [7, 11) is 0. The molecule has 0 saturated heterocycles. The molecule has 0 aromatic rings. The summed E-state index contributed by atoms with van der Waals surface area (Å²) in [5, 5.41) is 14.8. The fourth-order valence-corrected chi connectivity index (χ4v) is 0. The predicted molar refractivity (Wildman–Crippen MR) is 15.3 cm³/mol. The SMILES string of the molecule is O=C(O)C(=O)O.[Cl-].[Na+]. The van der Waals surface area contributed by atoms with Crippen molar-refractivity contribution in [3.8, 4) is 0 Å². The first-order valence-electron chi connectivity index (χ1n) is 1.11. The first kappa shape index (κ1) is 15.7. The molecule has 0 amide bonds. The van der Waals surface area contributed by atoms with E-state index in [9.17, 15) is 0 Å². The number of rotatable bonds is 0. The number of carbonyl (C=O) groups is 2.